The molecule has 1 aliphatic rings. The molecule has 1 unspecified atom stereocenters. The molecule has 2 heterocycles. The van der Waals surface area contributed by atoms with Crippen LogP contribution in [-0.2, 0) is 4.79 Å². The summed E-state index contributed by atoms with van der Waals surface area (Å²) >= 11 is 5.93. The quantitative estimate of drug-likeness (QED) is 0.671. The van der Waals surface area contributed by atoms with E-state index in [0.717, 1.165) is 51.0 Å². The lowest BCUT2D eigenvalue weighted by Gasteiger charge is -2.33. The number of carbonyl (C=O) groups excluding carboxylic acids is 1. The van der Waals surface area contributed by atoms with Gasteiger partial charge in [-0.15, -0.1) is 0 Å². The Bertz CT molecular complexity index is 452. The summed E-state index contributed by atoms with van der Waals surface area (Å²) in [6, 6.07) is 3.81. The monoisotopic (exact) mass is 295 g/mol. The van der Waals surface area contributed by atoms with E-state index >= 15 is 0 Å². The fourth-order valence-corrected chi connectivity index (χ4v) is 2.72. The standard InChI is InChI=1S/C15H22ClN3O/c1-2-3-7-18-15(20)12-5-4-9-19(11-12)13-6-8-17-14(16)10-13/h6,8,10,12H,2-5,7,9,11H2,1H3,(H,18,20). The normalized spacial score (nSPS) is 18.9. The zero-order valence-corrected chi connectivity index (χ0v) is 12.7. The minimum atomic E-state index is 0.0764. The molecule has 1 amide bonds. The predicted octanol–water partition coefficient (Wildman–Crippen LogP) is 2.87. The summed E-state index contributed by atoms with van der Waals surface area (Å²) < 4.78 is 0. The van der Waals surface area contributed by atoms with Gasteiger partial charge in [-0.3, -0.25) is 4.79 Å². The molecule has 0 saturated carbocycles. The number of aromatic nitrogens is 1. The lowest BCUT2D eigenvalue weighted by Crippen LogP contribution is -2.43. The van der Waals surface area contributed by atoms with Crippen LogP contribution >= 0.6 is 11.6 Å². The second-order valence-electron chi connectivity index (χ2n) is 5.27. The summed E-state index contributed by atoms with van der Waals surface area (Å²) in [4.78, 5) is 18.4. The van der Waals surface area contributed by atoms with Gasteiger partial charge in [0.05, 0.1) is 5.92 Å². The Labute approximate surface area is 125 Å². The van der Waals surface area contributed by atoms with Gasteiger partial charge < -0.3 is 10.2 Å². The number of halogens is 1. The van der Waals surface area contributed by atoms with Gasteiger partial charge in [-0.1, -0.05) is 24.9 Å². The van der Waals surface area contributed by atoms with Crippen molar-refractivity contribution in [2.24, 2.45) is 5.92 Å². The average molecular weight is 296 g/mol. The van der Waals surface area contributed by atoms with Gasteiger partial charge in [0.25, 0.3) is 0 Å². The number of nitrogens with one attached hydrogen (secondary N) is 1. The summed E-state index contributed by atoms with van der Waals surface area (Å²) in [5.41, 5.74) is 1.05. The Balaban J connectivity index is 1.93. The van der Waals surface area contributed by atoms with Crippen molar-refractivity contribution in [1.29, 1.82) is 0 Å². The third-order valence-corrected chi connectivity index (χ3v) is 3.90. The maximum absolute atomic E-state index is 12.1. The number of piperidine rings is 1. The minimum Gasteiger partial charge on any atom is -0.371 e. The van der Waals surface area contributed by atoms with Gasteiger partial charge >= 0.3 is 0 Å². The molecule has 2 rings (SSSR count). The number of carbonyl (C=O) groups is 1. The van der Waals surface area contributed by atoms with E-state index in [-0.39, 0.29) is 11.8 Å². The minimum absolute atomic E-state index is 0.0764. The van der Waals surface area contributed by atoms with E-state index in [1.165, 1.54) is 0 Å². The van der Waals surface area contributed by atoms with Gasteiger partial charge in [-0.2, -0.15) is 0 Å². The van der Waals surface area contributed by atoms with Crippen molar-refractivity contribution in [3.8, 4) is 0 Å². The predicted molar refractivity (Wildman–Crippen MR) is 82.1 cm³/mol. The summed E-state index contributed by atoms with van der Waals surface area (Å²) in [5, 5.41) is 3.53. The number of rotatable bonds is 5. The molecular formula is C15H22ClN3O. The third kappa shape index (κ3) is 4.10. The van der Waals surface area contributed by atoms with Crippen LogP contribution in [-0.4, -0.2) is 30.5 Å². The molecule has 1 N–H and O–H groups in total. The number of hydrogen-bond acceptors (Lipinski definition) is 3. The molecule has 1 saturated heterocycles. The summed E-state index contributed by atoms with van der Waals surface area (Å²) in [7, 11) is 0. The zero-order chi connectivity index (χ0) is 14.4. The molecule has 0 spiro atoms. The van der Waals surface area contributed by atoms with Crippen molar-refractivity contribution < 1.29 is 4.79 Å². The topological polar surface area (TPSA) is 45.2 Å². The Morgan fingerprint density at radius 2 is 2.45 bits per heavy atom. The Hall–Kier alpha value is -1.29. The number of pyridine rings is 1. The van der Waals surface area contributed by atoms with E-state index in [4.69, 9.17) is 11.6 Å². The van der Waals surface area contributed by atoms with Gasteiger partial charge in [0.1, 0.15) is 5.15 Å². The van der Waals surface area contributed by atoms with Crippen molar-refractivity contribution in [3.05, 3.63) is 23.5 Å². The Morgan fingerprint density at radius 1 is 1.60 bits per heavy atom. The molecule has 1 aromatic heterocycles. The highest BCUT2D eigenvalue weighted by atomic mass is 35.5. The van der Waals surface area contributed by atoms with Crippen LogP contribution in [0.25, 0.3) is 0 Å². The molecular weight excluding hydrogens is 274 g/mol. The van der Waals surface area contributed by atoms with E-state index in [0.29, 0.717) is 5.15 Å². The lowest BCUT2D eigenvalue weighted by molar-refractivity contribution is -0.125. The van der Waals surface area contributed by atoms with E-state index < -0.39 is 0 Å². The van der Waals surface area contributed by atoms with Crippen LogP contribution in [0.5, 0.6) is 0 Å². The first kappa shape index (κ1) is 15.1. The molecule has 0 aliphatic carbocycles. The fourth-order valence-electron chi connectivity index (χ4n) is 2.55. The molecule has 110 valence electrons. The molecule has 1 fully saturated rings. The van der Waals surface area contributed by atoms with Gasteiger partial charge in [0.2, 0.25) is 5.91 Å². The number of anilines is 1. The third-order valence-electron chi connectivity index (χ3n) is 3.70. The molecule has 0 radical (unpaired) electrons. The van der Waals surface area contributed by atoms with Crippen LogP contribution in [0.4, 0.5) is 5.69 Å². The number of unbranched alkanes of at least 4 members (excludes halogenated alkanes) is 1. The highest BCUT2D eigenvalue weighted by Gasteiger charge is 2.25. The highest BCUT2D eigenvalue weighted by Crippen LogP contribution is 2.24. The fraction of sp³-hybridized carbons (Fsp3) is 0.600. The molecule has 20 heavy (non-hydrogen) atoms. The maximum Gasteiger partial charge on any atom is 0.224 e. The first-order valence-electron chi connectivity index (χ1n) is 7.35. The smallest absolute Gasteiger partial charge is 0.224 e. The Morgan fingerprint density at radius 3 is 3.20 bits per heavy atom. The van der Waals surface area contributed by atoms with Gasteiger partial charge in [0, 0.05) is 31.5 Å². The lowest BCUT2D eigenvalue weighted by atomic mass is 9.96. The van der Waals surface area contributed by atoms with Crippen molar-refractivity contribution in [2.45, 2.75) is 32.6 Å². The van der Waals surface area contributed by atoms with Crippen LogP contribution in [0.15, 0.2) is 18.3 Å². The molecule has 1 aliphatic heterocycles. The van der Waals surface area contributed by atoms with Crippen molar-refractivity contribution in [3.63, 3.8) is 0 Å². The van der Waals surface area contributed by atoms with Gasteiger partial charge in [-0.05, 0) is 31.4 Å². The number of hydrogen-bond donors (Lipinski definition) is 1. The molecule has 5 heteroatoms. The van der Waals surface area contributed by atoms with Crippen molar-refractivity contribution in [1.82, 2.24) is 10.3 Å². The van der Waals surface area contributed by atoms with Crippen molar-refractivity contribution >= 4 is 23.2 Å². The van der Waals surface area contributed by atoms with E-state index in [1.54, 1.807) is 6.20 Å². The van der Waals surface area contributed by atoms with E-state index in [1.807, 2.05) is 12.1 Å². The second-order valence-corrected chi connectivity index (χ2v) is 5.65. The highest BCUT2D eigenvalue weighted by molar-refractivity contribution is 6.29. The van der Waals surface area contributed by atoms with Crippen LogP contribution in [0.3, 0.4) is 0 Å². The molecule has 1 aromatic rings. The van der Waals surface area contributed by atoms with E-state index in [9.17, 15) is 4.79 Å². The summed E-state index contributed by atoms with van der Waals surface area (Å²) in [6.07, 6.45) is 5.86. The zero-order valence-electron chi connectivity index (χ0n) is 11.9. The van der Waals surface area contributed by atoms with Gasteiger partial charge in [-0.25, -0.2) is 4.98 Å². The summed E-state index contributed by atoms with van der Waals surface area (Å²) in [6.45, 7) is 4.64. The maximum atomic E-state index is 12.1. The van der Waals surface area contributed by atoms with Crippen LogP contribution in [0.1, 0.15) is 32.6 Å². The van der Waals surface area contributed by atoms with Crippen LogP contribution in [0.2, 0.25) is 5.15 Å². The van der Waals surface area contributed by atoms with E-state index in [2.05, 4.69) is 22.1 Å². The second kappa shape index (κ2) is 7.48. The number of amides is 1. The summed E-state index contributed by atoms with van der Waals surface area (Å²) in [5.74, 6) is 0.260. The molecule has 4 nitrogen and oxygen atoms in total. The molecule has 0 aromatic carbocycles. The van der Waals surface area contributed by atoms with Gasteiger partial charge in [0.15, 0.2) is 0 Å². The SMILES string of the molecule is CCCCNC(=O)C1CCCN(c2ccnc(Cl)c2)C1. The number of nitrogens with zero attached hydrogens (tertiary/aromatic N) is 2. The molecule has 0 bridgehead atoms. The first-order valence-corrected chi connectivity index (χ1v) is 7.72. The van der Waals surface area contributed by atoms with Crippen LogP contribution in [0, 0.1) is 5.92 Å². The largest absolute Gasteiger partial charge is 0.371 e. The average Bonchev–Trinajstić information content (AvgIpc) is 2.47. The van der Waals surface area contributed by atoms with Crippen molar-refractivity contribution in [2.75, 3.05) is 24.5 Å². The Kier molecular flexibility index (Phi) is 5.65. The molecule has 1 atom stereocenters. The first-order chi connectivity index (χ1) is 9.70. The van der Waals surface area contributed by atoms with Crippen LogP contribution < -0.4 is 10.2 Å².